The predicted octanol–water partition coefficient (Wildman–Crippen LogP) is 2.51. The number of nitrogens with zero attached hydrogens (tertiary/aromatic N) is 1. The molecule has 1 aliphatic rings. The lowest BCUT2D eigenvalue weighted by Gasteiger charge is -2.21. The van der Waals surface area contributed by atoms with Crippen LogP contribution in [0.4, 0.5) is 0 Å². The molecule has 1 unspecified atom stereocenters. The Kier molecular flexibility index (Phi) is 4.73. The van der Waals surface area contributed by atoms with Crippen LogP contribution in [0.3, 0.4) is 0 Å². The third kappa shape index (κ3) is 2.63. The molecule has 1 rings (SSSR count). The van der Waals surface area contributed by atoms with E-state index in [4.69, 9.17) is 11.6 Å². The third-order valence-corrected chi connectivity index (χ3v) is 3.59. The van der Waals surface area contributed by atoms with Crippen molar-refractivity contribution in [3.63, 3.8) is 0 Å². The van der Waals surface area contributed by atoms with Gasteiger partial charge in [0, 0.05) is 24.9 Å². The van der Waals surface area contributed by atoms with E-state index in [0.29, 0.717) is 17.7 Å². The zero-order chi connectivity index (χ0) is 10.6. The molecule has 0 saturated carbocycles. The maximum absolute atomic E-state index is 12.0. The van der Waals surface area contributed by atoms with Crippen LogP contribution in [0, 0.1) is 11.8 Å². The summed E-state index contributed by atoms with van der Waals surface area (Å²) in [4.78, 5) is 13.9. The molecule has 2 nitrogen and oxygen atoms in total. The second-order valence-corrected chi connectivity index (χ2v) is 4.42. The molecular formula is C11H20ClNO. The summed E-state index contributed by atoms with van der Waals surface area (Å²) in [5.74, 6) is 1.77. The van der Waals surface area contributed by atoms with E-state index in [1.165, 1.54) is 0 Å². The molecule has 3 heteroatoms. The maximum Gasteiger partial charge on any atom is 0.225 e. The van der Waals surface area contributed by atoms with Gasteiger partial charge in [-0.2, -0.15) is 0 Å². The Morgan fingerprint density at radius 2 is 2.14 bits per heavy atom. The normalized spacial score (nSPS) is 22.0. The highest BCUT2D eigenvalue weighted by molar-refractivity contribution is 6.18. The summed E-state index contributed by atoms with van der Waals surface area (Å²) in [5, 5.41) is 0. The van der Waals surface area contributed by atoms with Crippen molar-refractivity contribution in [3.8, 4) is 0 Å². The number of amides is 1. The lowest BCUT2D eigenvalue weighted by Crippen LogP contribution is -2.34. The molecule has 1 saturated heterocycles. The highest BCUT2D eigenvalue weighted by atomic mass is 35.5. The van der Waals surface area contributed by atoms with E-state index < -0.39 is 0 Å². The van der Waals surface area contributed by atoms with Gasteiger partial charge in [-0.25, -0.2) is 0 Å². The predicted molar refractivity (Wildman–Crippen MR) is 59.5 cm³/mol. The van der Waals surface area contributed by atoms with Gasteiger partial charge in [-0.3, -0.25) is 4.79 Å². The van der Waals surface area contributed by atoms with Crippen LogP contribution in [0.1, 0.15) is 33.1 Å². The minimum Gasteiger partial charge on any atom is -0.342 e. The van der Waals surface area contributed by atoms with Crippen molar-refractivity contribution in [2.45, 2.75) is 33.1 Å². The van der Waals surface area contributed by atoms with Gasteiger partial charge in [0.15, 0.2) is 0 Å². The quantitative estimate of drug-likeness (QED) is 0.663. The maximum atomic E-state index is 12.0. The molecule has 0 bridgehead atoms. The average Bonchev–Trinajstić information content (AvgIpc) is 2.67. The molecule has 14 heavy (non-hydrogen) atoms. The second-order valence-electron chi connectivity index (χ2n) is 4.11. The standard InChI is InChI=1S/C11H20ClNO/c1-3-10(4-2)11(14)13-6-5-9(7-12)8-13/h9-10H,3-8H2,1-2H3. The Hall–Kier alpha value is -0.240. The van der Waals surface area contributed by atoms with Crippen LogP contribution in [-0.2, 0) is 4.79 Å². The van der Waals surface area contributed by atoms with Crippen LogP contribution in [0.2, 0.25) is 0 Å². The van der Waals surface area contributed by atoms with Gasteiger partial charge in [0.1, 0.15) is 0 Å². The molecule has 1 fully saturated rings. The number of rotatable bonds is 4. The Labute approximate surface area is 91.6 Å². The van der Waals surface area contributed by atoms with E-state index in [1.54, 1.807) is 0 Å². The van der Waals surface area contributed by atoms with Crippen molar-refractivity contribution in [1.82, 2.24) is 4.90 Å². The fourth-order valence-corrected chi connectivity index (χ4v) is 2.31. The van der Waals surface area contributed by atoms with E-state index in [-0.39, 0.29) is 5.92 Å². The molecule has 1 amide bonds. The first kappa shape index (κ1) is 11.8. The monoisotopic (exact) mass is 217 g/mol. The SMILES string of the molecule is CCC(CC)C(=O)N1CCC(CCl)C1. The Morgan fingerprint density at radius 3 is 2.57 bits per heavy atom. The number of carbonyl (C=O) groups excluding carboxylic acids is 1. The second kappa shape index (κ2) is 5.59. The van der Waals surface area contributed by atoms with Crippen LogP contribution >= 0.6 is 11.6 Å². The molecule has 0 radical (unpaired) electrons. The lowest BCUT2D eigenvalue weighted by atomic mass is 10.0. The van der Waals surface area contributed by atoms with Crippen LogP contribution in [0.15, 0.2) is 0 Å². The molecule has 0 aliphatic carbocycles. The van der Waals surface area contributed by atoms with Gasteiger partial charge in [0.05, 0.1) is 0 Å². The van der Waals surface area contributed by atoms with E-state index in [2.05, 4.69) is 13.8 Å². The van der Waals surface area contributed by atoms with Gasteiger partial charge >= 0.3 is 0 Å². The van der Waals surface area contributed by atoms with E-state index in [9.17, 15) is 4.79 Å². The minimum absolute atomic E-state index is 0.226. The molecule has 0 spiro atoms. The molecular weight excluding hydrogens is 198 g/mol. The number of hydrogen-bond acceptors (Lipinski definition) is 1. The zero-order valence-corrected chi connectivity index (χ0v) is 9.89. The molecule has 0 N–H and O–H groups in total. The van der Waals surface area contributed by atoms with Crippen molar-refractivity contribution in [3.05, 3.63) is 0 Å². The van der Waals surface area contributed by atoms with Gasteiger partial charge in [0.2, 0.25) is 5.91 Å². The molecule has 1 atom stereocenters. The van der Waals surface area contributed by atoms with E-state index >= 15 is 0 Å². The Bertz CT molecular complexity index is 192. The Morgan fingerprint density at radius 1 is 1.50 bits per heavy atom. The minimum atomic E-state index is 0.226. The van der Waals surface area contributed by atoms with Crippen LogP contribution in [0.25, 0.3) is 0 Å². The summed E-state index contributed by atoms with van der Waals surface area (Å²) in [6, 6.07) is 0. The largest absolute Gasteiger partial charge is 0.342 e. The number of likely N-dealkylation sites (tertiary alicyclic amines) is 1. The molecule has 1 heterocycles. The number of hydrogen-bond donors (Lipinski definition) is 0. The topological polar surface area (TPSA) is 20.3 Å². The molecule has 1 aliphatic heterocycles. The smallest absolute Gasteiger partial charge is 0.225 e. The molecule has 82 valence electrons. The molecule has 0 aromatic heterocycles. The van der Waals surface area contributed by atoms with Crippen LogP contribution in [-0.4, -0.2) is 29.8 Å². The van der Waals surface area contributed by atoms with Crippen molar-refractivity contribution in [1.29, 1.82) is 0 Å². The summed E-state index contributed by atoms with van der Waals surface area (Å²) < 4.78 is 0. The van der Waals surface area contributed by atoms with Gasteiger partial charge in [-0.1, -0.05) is 13.8 Å². The number of alkyl halides is 1. The van der Waals surface area contributed by atoms with Crippen molar-refractivity contribution in [2.24, 2.45) is 11.8 Å². The molecule has 0 aromatic rings. The van der Waals surface area contributed by atoms with Crippen molar-refractivity contribution in [2.75, 3.05) is 19.0 Å². The van der Waals surface area contributed by atoms with Gasteiger partial charge < -0.3 is 4.90 Å². The van der Waals surface area contributed by atoms with E-state index in [0.717, 1.165) is 32.4 Å². The summed E-state index contributed by atoms with van der Waals surface area (Å²) >= 11 is 5.79. The summed E-state index contributed by atoms with van der Waals surface area (Å²) in [6.45, 7) is 5.95. The summed E-state index contributed by atoms with van der Waals surface area (Å²) in [7, 11) is 0. The van der Waals surface area contributed by atoms with Crippen molar-refractivity contribution >= 4 is 17.5 Å². The molecule has 0 aromatic carbocycles. The summed E-state index contributed by atoms with van der Waals surface area (Å²) in [5.41, 5.74) is 0. The zero-order valence-electron chi connectivity index (χ0n) is 9.13. The number of halogens is 1. The first-order valence-corrected chi connectivity index (χ1v) is 6.11. The first-order chi connectivity index (χ1) is 6.72. The highest BCUT2D eigenvalue weighted by Crippen LogP contribution is 2.21. The van der Waals surface area contributed by atoms with Gasteiger partial charge in [-0.05, 0) is 25.2 Å². The van der Waals surface area contributed by atoms with Crippen LogP contribution < -0.4 is 0 Å². The van der Waals surface area contributed by atoms with Gasteiger partial charge in [-0.15, -0.1) is 11.6 Å². The summed E-state index contributed by atoms with van der Waals surface area (Å²) in [6.07, 6.45) is 2.99. The van der Waals surface area contributed by atoms with E-state index in [1.807, 2.05) is 4.90 Å². The average molecular weight is 218 g/mol. The fraction of sp³-hybridized carbons (Fsp3) is 0.909. The van der Waals surface area contributed by atoms with Crippen molar-refractivity contribution < 1.29 is 4.79 Å². The third-order valence-electron chi connectivity index (χ3n) is 3.15. The van der Waals surface area contributed by atoms with Crippen LogP contribution in [0.5, 0.6) is 0 Å². The highest BCUT2D eigenvalue weighted by Gasteiger charge is 2.28. The fourth-order valence-electron chi connectivity index (χ4n) is 2.05. The number of carbonyl (C=O) groups is 1. The Balaban J connectivity index is 2.45. The van der Waals surface area contributed by atoms with Gasteiger partial charge in [0.25, 0.3) is 0 Å². The first-order valence-electron chi connectivity index (χ1n) is 5.57. The lowest BCUT2D eigenvalue weighted by molar-refractivity contribution is -0.134.